The van der Waals surface area contributed by atoms with E-state index in [2.05, 4.69) is 5.10 Å². The van der Waals surface area contributed by atoms with Gasteiger partial charge < -0.3 is 4.90 Å². The highest BCUT2D eigenvalue weighted by molar-refractivity contribution is 5.75. The molecule has 0 atom stereocenters. The zero-order valence-electron chi connectivity index (χ0n) is 9.64. The first-order valence-electron chi connectivity index (χ1n) is 6.11. The van der Waals surface area contributed by atoms with Gasteiger partial charge >= 0.3 is 0 Å². The van der Waals surface area contributed by atoms with Gasteiger partial charge in [-0.25, -0.2) is 0 Å². The Kier molecular flexibility index (Phi) is 3.97. The molecule has 0 spiro atoms. The maximum Gasteiger partial charge on any atom is 0.244 e. The highest BCUT2D eigenvalue weighted by atomic mass is 16.2. The third-order valence-electron chi connectivity index (χ3n) is 3.07. The summed E-state index contributed by atoms with van der Waals surface area (Å²) in [6.07, 6.45) is 9.66. The number of likely N-dealkylation sites (tertiary alicyclic amines) is 1. The van der Waals surface area contributed by atoms with Crippen molar-refractivity contribution in [2.75, 3.05) is 13.1 Å². The Hall–Kier alpha value is -1.32. The molecule has 4 nitrogen and oxygen atoms in total. The number of carbonyl (C=O) groups is 1. The Bertz CT molecular complexity index is 313. The van der Waals surface area contributed by atoms with Gasteiger partial charge in [0.15, 0.2) is 0 Å². The van der Waals surface area contributed by atoms with Crippen molar-refractivity contribution in [1.29, 1.82) is 0 Å². The van der Waals surface area contributed by atoms with Gasteiger partial charge in [0.05, 0.1) is 0 Å². The molecule has 1 aliphatic rings. The van der Waals surface area contributed by atoms with Crippen LogP contribution < -0.4 is 0 Å². The summed E-state index contributed by atoms with van der Waals surface area (Å²) in [5, 5.41) is 4.06. The van der Waals surface area contributed by atoms with Crippen LogP contribution >= 0.6 is 0 Å². The van der Waals surface area contributed by atoms with Gasteiger partial charge in [-0.05, 0) is 18.9 Å². The molecule has 1 fully saturated rings. The second-order valence-corrected chi connectivity index (χ2v) is 4.35. The number of hydrogen-bond acceptors (Lipinski definition) is 2. The first-order chi connectivity index (χ1) is 7.86. The van der Waals surface area contributed by atoms with E-state index in [0.717, 1.165) is 25.9 Å². The Morgan fingerprint density at radius 1 is 1.12 bits per heavy atom. The van der Waals surface area contributed by atoms with Gasteiger partial charge in [-0.2, -0.15) is 5.10 Å². The predicted molar refractivity (Wildman–Crippen MR) is 61.9 cm³/mol. The van der Waals surface area contributed by atoms with Gasteiger partial charge in [0.1, 0.15) is 6.54 Å². The summed E-state index contributed by atoms with van der Waals surface area (Å²) in [7, 11) is 0. The molecule has 2 rings (SSSR count). The second-order valence-electron chi connectivity index (χ2n) is 4.35. The smallest absolute Gasteiger partial charge is 0.244 e. The minimum Gasteiger partial charge on any atom is -0.341 e. The number of hydrogen-bond donors (Lipinski definition) is 0. The van der Waals surface area contributed by atoms with E-state index in [1.165, 1.54) is 19.3 Å². The average Bonchev–Trinajstić information content (AvgIpc) is 2.69. The van der Waals surface area contributed by atoms with Crippen LogP contribution in [0.2, 0.25) is 0 Å². The Balaban J connectivity index is 1.87. The fourth-order valence-electron chi connectivity index (χ4n) is 2.13. The summed E-state index contributed by atoms with van der Waals surface area (Å²) < 4.78 is 1.70. The first-order valence-corrected chi connectivity index (χ1v) is 6.11. The van der Waals surface area contributed by atoms with Crippen LogP contribution in [0, 0.1) is 0 Å². The third-order valence-corrected chi connectivity index (χ3v) is 3.07. The molecule has 0 unspecified atom stereocenters. The largest absolute Gasteiger partial charge is 0.341 e. The molecule has 1 aromatic rings. The lowest BCUT2D eigenvalue weighted by Gasteiger charge is -2.24. The molecule has 4 heteroatoms. The van der Waals surface area contributed by atoms with Crippen LogP contribution in [0.3, 0.4) is 0 Å². The normalized spacial score (nSPS) is 17.9. The maximum absolute atomic E-state index is 12.0. The van der Waals surface area contributed by atoms with E-state index in [-0.39, 0.29) is 5.91 Å². The molecular weight excluding hydrogens is 202 g/mol. The highest BCUT2D eigenvalue weighted by Gasteiger charge is 2.14. The van der Waals surface area contributed by atoms with Crippen molar-refractivity contribution in [2.24, 2.45) is 0 Å². The van der Waals surface area contributed by atoms with Crippen LogP contribution in [0.25, 0.3) is 0 Å². The summed E-state index contributed by atoms with van der Waals surface area (Å²) in [4.78, 5) is 14.0. The fourth-order valence-corrected chi connectivity index (χ4v) is 2.13. The monoisotopic (exact) mass is 221 g/mol. The number of aromatic nitrogens is 2. The molecule has 1 aromatic heterocycles. The molecule has 0 bridgehead atoms. The minimum atomic E-state index is 0.200. The third kappa shape index (κ3) is 3.08. The molecule has 1 amide bonds. The van der Waals surface area contributed by atoms with Crippen molar-refractivity contribution in [3.8, 4) is 0 Å². The summed E-state index contributed by atoms with van der Waals surface area (Å²) in [5.74, 6) is 0.200. The quantitative estimate of drug-likeness (QED) is 0.762. The molecule has 88 valence electrons. The Morgan fingerprint density at radius 2 is 1.81 bits per heavy atom. The summed E-state index contributed by atoms with van der Waals surface area (Å²) in [6.45, 7) is 2.22. The van der Waals surface area contributed by atoms with E-state index in [1.807, 2.05) is 17.2 Å². The number of carbonyl (C=O) groups excluding carboxylic acids is 1. The standard InChI is InChI=1S/C12H19N3O/c16-12(11-15-10-6-7-13-15)14-8-4-2-1-3-5-9-14/h6-7,10H,1-5,8-9,11H2. The van der Waals surface area contributed by atoms with Gasteiger partial charge in [0, 0.05) is 25.5 Å². The van der Waals surface area contributed by atoms with Gasteiger partial charge in [-0.3, -0.25) is 9.48 Å². The van der Waals surface area contributed by atoms with Crippen molar-refractivity contribution in [2.45, 2.75) is 38.6 Å². The average molecular weight is 221 g/mol. The molecule has 2 heterocycles. The lowest BCUT2D eigenvalue weighted by Crippen LogP contribution is -2.36. The van der Waals surface area contributed by atoms with Crippen LogP contribution in [0.1, 0.15) is 32.1 Å². The highest BCUT2D eigenvalue weighted by Crippen LogP contribution is 2.10. The Morgan fingerprint density at radius 3 is 2.44 bits per heavy atom. The van der Waals surface area contributed by atoms with Crippen LogP contribution in [-0.2, 0) is 11.3 Å². The van der Waals surface area contributed by atoms with Gasteiger partial charge in [0.2, 0.25) is 5.91 Å². The molecule has 0 saturated carbocycles. The van der Waals surface area contributed by atoms with Crippen molar-refractivity contribution in [3.05, 3.63) is 18.5 Å². The minimum absolute atomic E-state index is 0.200. The van der Waals surface area contributed by atoms with Crippen molar-refractivity contribution >= 4 is 5.91 Å². The van der Waals surface area contributed by atoms with Gasteiger partial charge in [-0.15, -0.1) is 0 Å². The van der Waals surface area contributed by atoms with Crippen molar-refractivity contribution < 1.29 is 4.79 Å². The van der Waals surface area contributed by atoms with E-state index < -0.39 is 0 Å². The van der Waals surface area contributed by atoms with Crippen LogP contribution in [0.4, 0.5) is 0 Å². The molecule has 0 aliphatic carbocycles. The molecule has 0 N–H and O–H groups in total. The van der Waals surface area contributed by atoms with E-state index in [1.54, 1.807) is 10.9 Å². The molecule has 0 aromatic carbocycles. The zero-order valence-corrected chi connectivity index (χ0v) is 9.64. The second kappa shape index (κ2) is 5.68. The van der Waals surface area contributed by atoms with Gasteiger partial charge in [0.25, 0.3) is 0 Å². The summed E-state index contributed by atoms with van der Waals surface area (Å²) >= 11 is 0. The van der Waals surface area contributed by atoms with E-state index in [4.69, 9.17) is 0 Å². The number of rotatable bonds is 2. The van der Waals surface area contributed by atoms with E-state index >= 15 is 0 Å². The number of nitrogens with zero attached hydrogens (tertiary/aromatic N) is 3. The maximum atomic E-state index is 12.0. The zero-order chi connectivity index (χ0) is 11.2. The molecule has 16 heavy (non-hydrogen) atoms. The summed E-state index contributed by atoms with van der Waals surface area (Å²) in [5.41, 5.74) is 0. The van der Waals surface area contributed by atoms with Crippen molar-refractivity contribution in [3.63, 3.8) is 0 Å². The van der Waals surface area contributed by atoms with Crippen LogP contribution in [0.5, 0.6) is 0 Å². The van der Waals surface area contributed by atoms with Crippen molar-refractivity contribution in [1.82, 2.24) is 14.7 Å². The molecule has 1 saturated heterocycles. The molecular formula is C12H19N3O. The molecule has 0 radical (unpaired) electrons. The van der Waals surface area contributed by atoms with Crippen LogP contribution in [0.15, 0.2) is 18.5 Å². The van der Waals surface area contributed by atoms with E-state index in [0.29, 0.717) is 6.54 Å². The van der Waals surface area contributed by atoms with Gasteiger partial charge in [-0.1, -0.05) is 19.3 Å². The Labute approximate surface area is 96.2 Å². The fraction of sp³-hybridized carbons (Fsp3) is 0.667. The predicted octanol–water partition coefficient (Wildman–Crippen LogP) is 1.68. The van der Waals surface area contributed by atoms with Crippen LogP contribution in [-0.4, -0.2) is 33.7 Å². The first kappa shape index (κ1) is 11.2. The lowest BCUT2D eigenvalue weighted by atomic mass is 10.1. The topological polar surface area (TPSA) is 38.1 Å². The number of amides is 1. The SMILES string of the molecule is O=C(Cn1cccn1)N1CCCCCCC1. The molecule has 1 aliphatic heterocycles. The lowest BCUT2D eigenvalue weighted by molar-refractivity contribution is -0.132. The van der Waals surface area contributed by atoms with E-state index in [9.17, 15) is 4.79 Å². The summed E-state index contributed by atoms with van der Waals surface area (Å²) in [6, 6.07) is 1.85.